The summed E-state index contributed by atoms with van der Waals surface area (Å²) in [6, 6.07) is -0.898. The third-order valence-corrected chi connectivity index (χ3v) is 4.55. The number of carbonyl (C=O) groups is 3. The van der Waals surface area contributed by atoms with Gasteiger partial charge in [0.25, 0.3) is 5.91 Å². The molecule has 0 aliphatic carbocycles. The largest absolute Gasteiger partial charge is 0.480 e. The van der Waals surface area contributed by atoms with Crippen molar-refractivity contribution in [2.75, 3.05) is 26.2 Å². The number of carboxylic acid groups (broad SMARTS) is 1. The summed E-state index contributed by atoms with van der Waals surface area (Å²) in [5, 5.41) is 12.0. The van der Waals surface area contributed by atoms with E-state index in [9.17, 15) is 14.4 Å². The number of rotatable bonds is 7. The van der Waals surface area contributed by atoms with Gasteiger partial charge in [-0.1, -0.05) is 0 Å². The number of carbonyl (C=O) groups excluding carboxylic acids is 2. The number of likely N-dealkylation sites (tertiary alicyclic amines) is 1. The van der Waals surface area contributed by atoms with Gasteiger partial charge in [-0.3, -0.25) is 19.3 Å². The molecule has 0 spiro atoms. The maximum absolute atomic E-state index is 12.7. The van der Waals surface area contributed by atoms with Crippen molar-refractivity contribution in [3.8, 4) is 0 Å². The minimum absolute atomic E-state index is 0.111. The smallest absolute Gasteiger partial charge is 0.317 e. The Morgan fingerprint density at radius 3 is 2.46 bits per heavy atom. The molecule has 9 nitrogen and oxygen atoms in total. The first-order valence-electron chi connectivity index (χ1n) is 8.76. The number of nitrogens with zero attached hydrogens (tertiary/aromatic N) is 3. The monoisotopic (exact) mass is 366 g/mol. The van der Waals surface area contributed by atoms with Gasteiger partial charge in [0, 0.05) is 32.6 Å². The second-order valence-electron chi connectivity index (χ2n) is 6.40. The van der Waals surface area contributed by atoms with Crippen LogP contribution in [0.5, 0.6) is 0 Å². The molecule has 26 heavy (non-hydrogen) atoms. The summed E-state index contributed by atoms with van der Waals surface area (Å²) in [6.07, 6.45) is 0.362. The van der Waals surface area contributed by atoms with Crippen LogP contribution in [-0.4, -0.2) is 75.9 Å². The van der Waals surface area contributed by atoms with Gasteiger partial charge in [-0.05, 0) is 27.2 Å². The lowest BCUT2D eigenvalue weighted by molar-refractivity contribution is -0.141. The van der Waals surface area contributed by atoms with Gasteiger partial charge >= 0.3 is 5.97 Å². The van der Waals surface area contributed by atoms with Crippen LogP contribution in [0.2, 0.25) is 0 Å². The van der Waals surface area contributed by atoms with Gasteiger partial charge in [0.2, 0.25) is 11.7 Å². The summed E-state index contributed by atoms with van der Waals surface area (Å²) in [5.41, 5.74) is 0.496. The number of hydrogen-bond donors (Lipinski definition) is 2. The highest BCUT2D eigenvalue weighted by Gasteiger charge is 2.40. The van der Waals surface area contributed by atoms with Crippen molar-refractivity contribution in [2.24, 2.45) is 0 Å². The molecule has 2 N–H and O–H groups in total. The van der Waals surface area contributed by atoms with Crippen molar-refractivity contribution in [1.82, 2.24) is 20.1 Å². The highest BCUT2D eigenvalue weighted by atomic mass is 16.4. The number of aryl methyl sites for hydroxylation is 2. The van der Waals surface area contributed by atoms with E-state index in [-0.39, 0.29) is 24.3 Å². The van der Waals surface area contributed by atoms with E-state index in [0.717, 1.165) is 0 Å². The number of aromatic nitrogens is 1. The molecule has 2 amide bonds. The summed E-state index contributed by atoms with van der Waals surface area (Å²) in [6.45, 7) is 8.27. The van der Waals surface area contributed by atoms with Gasteiger partial charge < -0.3 is 19.7 Å². The van der Waals surface area contributed by atoms with Gasteiger partial charge in [-0.2, -0.15) is 0 Å². The highest BCUT2D eigenvalue weighted by Crippen LogP contribution is 2.21. The zero-order valence-corrected chi connectivity index (χ0v) is 15.6. The molecule has 0 unspecified atom stereocenters. The number of nitrogens with one attached hydrogen (secondary N) is 1. The number of hydrogen-bond acceptors (Lipinski definition) is 6. The SMILES string of the molecule is CCN(CC)C(=O)[C@@H]1C[C@@H](NC(=O)c2oc(C)nc2C)CN1CC(=O)O. The Kier molecular flexibility index (Phi) is 6.36. The first-order chi connectivity index (χ1) is 12.3. The van der Waals surface area contributed by atoms with Crippen LogP contribution in [0.1, 0.15) is 42.4 Å². The lowest BCUT2D eigenvalue weighted by Gasteiger charge is -2.27. The number of carboxylic acids is 1. The molecule has 2 heterocycles. The highest BCUT2D eigenvalue weighted by molar-refractivity contribution is 5.93. The molecule has 1 aliphatic heterocycles. The lowest BCUT2D eigenvalue weighted by atomic mass is 10.1. The average molecular weight is 366 g/mol. The molecule has 0 aromatic carbocycles. The summed E-state index contributed by atoms with van der Waals surface area (Å²) in [7, 11) is 0. The molecule has 0 saturated carbocycles. The lowest BCUT2D eigenvalue weighted by Crippen LogP contribution is -2.47. The number of oxazole rings is 1. The van der Waals surface area contributed by atoms with E-state index in [1.54, 1.807) is 23.6 Å². The topological polar surface area (TPSA) is 116 Å². The summed E-state index contributed by atoms with van der Waals surface area (Å²) in [4.78, 5) is 43.6. The molecule has 2 atom stereocenters. The van der Waals surface area contributed by atoms with Crippen LogP contribution in [0.3, 0.4) is 0 Å². The summed E-state index contributed by atoms with van der Waals surface area (Å²) < 4.78 is 5.32. The third-order valence-electron chi connectivity index (χ3n) is 4.55. The van der Waals surface area contributed by atoms with E-state index in [2.05, 4.69) is 10.3 Å². The fraction of sp³-hybridized carbons (Fsp3) is 0.647. The molecule has 9 heteroatoms. The summed E-state index contributed by atoms with van der Waals surface area (Å²) in [5.74, 6) is -0.970. The van der Waals surface area contributed by atoms with Gasteiger partial charge in [-0.25, -0.2) is 4.98 Å². The Bertz CT molecular complexity index is 683. The minimum Gasteiger partial charge on any atom is -0.480 e. The van der Waals surface area contributed by atoms with Crippen LogP contribution < -0.4 is 5.32 Å². The van der Waals surface area contributed by atoms with E-state index in [4.69, 9.17) is 9.52 Å². The van der Waals surface area contributed by atoms with E-state index in [1.165, 1.54) is 0 Å². The first kappa shape index (κ1) is 19.9. The number of aliphatic carboxylic acids is 1. The Morgan fingerprint density at radius 1 is 1.31 bits per heavy atom. The van der Waals surface area contributed by atoms with Crippen LogP contribution in [0.4, 0.5) is 0 Å². The van der Waals surface area contributed by atoms with Crippen LogP contribution >= 0.6 is 0 Å². The Hall–Kier alpha value is -2.42. The maximum Gasteiger partial charge on any atom is 0.317 e. The maximum atomic E-state index is 12.7. The third kappa shape index (κ3) is 4.40. The fourth-order valence-corrected chi connectivity index (χ4v) is 3.35. The average Bonchev–Trinajstić information content (AvgIpc) is 3.10. The molecule has 1 saturated heterocycles. The van der Waals surface area contributed by atoms with E-state index in [1.807, 2.05) is 13.8 Å². The van der Waals surface area contributed by atoms with Crippen LogP contribution in [0.25, 0.3) is 0 Å². The van der Waals surface area contributed by atoms with E-state index >= 15 is 0 Å². The van der Waals surface area contributed by atoms with Crippen molar-refractivity contribution < 1.29 is 23.9 Å². The molecule has 0 bridgehead atoms. The molecule has 1 aromatic rings. The Morgan fingerprint density at radius 2 is 1.96 bits per heavy atom. The van der Waals surface area contributed by atoms with Crippen molar-refractivity contribution in [1.29, 1.82) is 0 Å². The van der Waals surface area contributed by atoms with Crippen molar-refractivity contribution >= 4 is 17.8 Å². The zero-order chi connectivity index (χ0) is 19.4. The van der Waals surface area contributed by atoms with Gasteiger partial charge in [-0.15, -0.1) is 0 Å². The van der Waals surface area contributed by atoms with Gasteiger partial charge in [0.05, 0.1) is 18.3 Å². The quantitative estimate of drug-likeness (QED) is 0.718. The summed E-state index contributed by atoms with van der Waals surface area (Å²) >= 11 is 0. The first-order valence-corrected chi connectivity index (χ1v) is 8.76. The standard InChI is InChI=1S/C17H26N4O5/c1-5-20(6-2)17(25)13-7-12(8-21(13)9-14(22)23)19-16(24)15-10(3)18-11(4)26-15/h12-13H,5-9H2,1-4H3,(H,19,24)(H,22,23)/t12-,13+/m1/s1. The van der Waals surface area contributed by atoms with Crippen molar-refractivity contribution in [3.63, 3.8) is 0 Å². The number of likely N-dealkylation sites (N-methyl/N-ethyl adjacent to an activating group) is 1. The predicted molar refractivity (Wildman–Crippen MR) is 92.8 cm³/mol. The molecule has 1 aromatic heterocycles. The fourth-order valence-electron chi connectivity index (χ4n) is 3.35. The zero-order valence-electron chi connectivity index (χ0n) is 15.6. The molecule has 1 fully saturated rings. The molecule has 144 valence electrons. The second kappa shape index (κ2) is 8.31. The van der Waals surface area contributed by atoms with E-state index < -0.39 is 17.9 Å². The molecule has 2 rings (SSSR count). The van der Waals surface area contributed by atoms with Crippen LogP contribution in [-0.2, 0) is 9.59 Å². The van der Waals surface area contributed by atoms with Gasteiger partial charge in [0.1, 0.15) is 0 Å². The van der Waals surface area contributed by atoms with E-state index in [0.29, 0.717) is 37.6 Å². The molecular weight excluding hydrogens is 340 g/mol. The second-order valence-corrected chi connectivity index (χ2v) is 6.40. The normalized spacial score (nSPS) is 20.2. The minimum atomic E-state index is -1.00. The Labute approximate surface area is 152 Å². The predicted octanol–water partition coefficient (Wildman–Crippen LogP) is 0.417. The van der Waals surface area contributed by atoms with Crippen molar-refractivity contribution in [3.05, 3.63) is 17.3 Å². The Balaban J connectivity index is 2.11. The van der Waals surface area contributed by atoms with Gasteiger partial charge in [0.15, 0.2) is 5.89 Å². The molecular formula is C17H26N4O5. The molecule has 0 radical (unpaired) electrons. The number of amides is 2. The van der Waals surface area contributed by atoms with Crippen LogP contribution in [0, 0.1) is 13.8 Å². The van der Waals surface area contributed by atoms with Crippen molar-refractivity contribution in [2.45, 2.75) is 46.2 Å². The molecule has 1 aliphatic rings. The van der Waals surface area contributed by atoms with Crippen LogP contribution in [0.15, 0.2) is 4.42 Å².